The molecule has 25 heavy (non-hydrogen) atoms. The molecule has 0 unspecified atom stereocenters. The summed E-state index contributed by atoms with van der Waals surface area (Å²) in [5, 5.41) is 3.93. The van der Waals surface area contributed by atoms with Crippen LogP contribution in [0.15, 0.2) is 82.4 Å². The molecular formula is C19H13N3O3. The van der Waals surface area contributed by atoms with Crippen LogP contribution < -0.4 is 11.4 Å². The fourth-order valence-electron chi connectivity index (χ4n) is 2.86. The summed E-state index contributed by atoms with van der Waals surface area (Å²) in [5.41, 5.74) is -0.640. The SMILES string of the molecule is O=C(c1cccc2ccccc12)n1[nH]c(=O)n(-c2ccccc2)c1=O. The Morgan fingerprint density at radius 2 is 1.48 bits per heavy atom. The molecule has 6 nitrogen and oxygen atoms in total. The molecule has 0 fully saturated rings. The molecule has 0 atom stereocenters. The molecule has 0 aliphatic heterocycles. The Morgan fingerprint density at radius 1 is 0.800 bits per heavy atom. The molecule has 0 amide bonds. The maximum Gasteiger partial charge on any atom is 0.359 e. The summed E-state index contributed by atoms with van der Waals surface area (Å²) in [7, 11) is 0. The highest BCUT2D eigenvalue weighted by Crippen LogP contribution is 2.18. The van der Waals surface area contributed by atoms with Gasteiger partial charge in [0, 0.05) is 5.56 Å². The van der Waals surface area contributed by atoms with Gasteiger partial charge in [0.05, 0.1) is 5.69 Å². The van der Waals surface area contributed by atoms with Gasteiger partial charge in [0.1, 0.15) is 0 Å². The van der Waals surface area contributed by atoms with Gasteiger partial charge in [0.15, 0.2) is 0 Å². The van der Waals surface area contributed by atoms with Crippen molar-refractivity contribution < 1.29 is 4.79 Å². The predicted octanol–water partition coefficient (Wildman–Crippen LogP) is 2.17. The van der Waals surface area contributed by atoms with Gasteiger partial charge in [-0.15, -0.1) is 0 Å². The summed E-state index contributed by atoms with van der Waals surface area (Å²) < 4.78 is 1.68. The molecule has 0 aliphatic rings. The van der Waals surface area contributed by atoms with Crippen molar-refractivity contribution in [1.82, 2.24) is 14.3 Å². The van der Waals surface area contributed by atoms with E-state index in [9.17, 15) is 14.4 Å². The van der Waals surface area contributed by atoms with Crippen LogP contribution in [-0.2, 0) is 0 Å². The van der Waals surface area contributed by atoms with E-state index in [0.29, 0.717) is 11.3 Å². The maximum absolute atomic E-state index is 12.9. The van der Waals surface area contributed by atoms with E-state index < -0.39 is 17.3 Å². The molecule has 3 aromatic carbocycles. The van der Waals surface area contributed by atoms with Crippen LogP contribution in [-0.4, -0.2) is 20.3 Å². The fourth-order valence-corrected chi connectivity index (χ4v) is 2.86. The van der Waals surface area contributed by atoms with Crippen molar-refractivity contribution in [1.29, 1.82) is 0 Å². The lowest BCUT2D eigenvalue weighted by molar-refractivity contribution is 0.0941. The monoisotopic (exact) mass is 331 g/mol. The van der Waals surface area contributed by atoms with E-state index in [4.69, 9.17) is 0 Å². The molecule has 122 valence electrons. The van der Waals surface area contributed by atoms with Gasteiger partial charge in [0.2, 0.25) is 0 Å². The molecular weight excluding hydrogens is 318 g/mol. The van der Waals surface area contributed by atoms with E-state index >= 15 is 0 Å². The number of hydrogen-bond donors (Lipinski definition) is 1. The van der Waals surface area contributed by atoms with Gasteiger partial charge in [-0.2, -0.15) is 4.68 Å². The first-order valence-electron chi connectivity index (χ1n) is 7.69. The number of hydrogen-bond acceptors (Lipinski definition) is 3. The van der Waals surface area contributed by atoms with Gasteiger partial charge in [-0.1, -0.05) is 54.6 Å². The lowest BCUT2D eigenvalue weighted by atomic mass is 10.0. The quantitative estimate of drug-likeness (QED) is 0.611. The van der Waals surface area contributed by atoms with Crippen LogP contribution in [0.2, 0.25) is 0 Å². The van der Waals surface area contributed by atoms with Crippen molar-refractivity contribution in [3.05, 3.63) is 99.3 Å². The second kappa shape index (κ2) is 5.76. The number of benzene rings is 3. The standard InChI is InChI=1S/C19H13N3O3/c23-17(16-12-6-8-13-7-4-5-11-15(13)16)22-19(25)21(18(24)20-22)14-9-2-1-3-10-14/h1-12H,(H,20,24). The Labute approximate surface area is 141 Å². The van der Waals surface area contributed by atoms with Crippen molar-refractivity contribution in [3.63, 3.8) is 0 Å². The van der Waals surface area contributed by atoms with Crippen LogP contribution in [0.1, 0.15) is 10.4 Å². The number of carbonyl (C=O) groups is 1. The van der Waals surface area contributed by atoms with Gasteiger partial charge in [-0.25, -0.2) is 19.3 Å². The molecule has 1 N–H and O–H groups in total. The van der Waals surface area contributed by atoms with Crippen LogP contribution in [0.4, 0.5) is 0 Å². The molecule has 0 radical (unpaired) electrons. The summed E-state index contributed by atoms with van der Waals surface area (Å²) >= 11 is 0. The summed E-state index contributed by atoms with van der Waals surface area (Å²) in [6.45, 7) is 0. The summed E-state index contributed by atoms with van der Waals surface area (Å²) in [6, 6.07) is 21.1. The van der Waals surface area contributed by atoms with Crippen molar-refractivity contribution in [2.45, 2.75) is 0 Å². The maximum atomic E-state index is 12.9. The van der Waals surface area contributed by atoms with Crippen molar-refractivity contribution >= 4 is 16.7 Å². The van der Waals surface area contributed by atoms with Crippen LogP contribution in [0, 0.1) is 0 Å². The lowest BCUT2D eigenvalue weighted by Gasteiger charge is -2.05. The zero-order valence-electron chi connectivity index (χ0n) is 13.0. The van der Waals surface area contributed by atoms with Crippen LogP contribution in [0.25, 0.3) is 16.5 Å². The van der Waals surface area contributed by atoms with E-state index in [1.165, 1.54) is 0 Å². The minimum Gasteiger partial charge on any atom is -0.267 e. The van der Waals surface area contributed by atoms with E-state index in [2.05, 4.69) is 5.10 Å². The Balaban J connectivity index is 1.90. The average molecular weight is 331 g/mol. The first-order valence-corrected chi connectivity index (χ1v) is 7.69. The first kappa shape index (κ1) is 14.9. The molecule has 4 rings (SSSR count). The largest absolute Gasteiger partial charge is 0.359 e. The number of nitrogens with zero attached hydrogens (tertiary/aromatic N) is 2. The number of para-hydroxylation sites is 1. The third-order valence-corrected chi connectivity index (χ3v) is 4.03. The zero-order valence-corrected chi connectivity index (χ0v) is 13.0. The third-order valence-electron chi connectivity index (χ3n) is 4.03. The first-order chi connectivity index (χ1) is 12.2. The minimum atomic E-state index is -0.728. The van der Waals surface area contributed by atoms with E-state index in [-0.39, 0.29) is 0 Å². The fraction of sp³-hybridized carbons (Fsp3) is 0. The molecule has 6 heteroatoms. The Morgan fingerprint density at radius 3 is 2.28 bits per heavy atom. The highest BCUT2D eigenvalue weighted by Gasteiger charge is 2.19. The second-order valence-corrected chi connectivity index (χ2v) is 5.54. The highest BCUT2D eigenvalue weighted by molar-refractivity contribution is 6.07. The molecule has 4 aromatic rings. The summed E-state index contributed by atoms with van der Waals surface area (Å²) in [4.78, 5) is 37.7. The smallest absolute Gasteiger partial charge is 0.267 e. The van der Waals surface area contributed by atoms with Crippen molar-refractivity contribution in [3.8, 4) is 5.69 Å². The normalized spacial score (nSPS) is 10.9. The van der Waals surface area contributed by atoms with Crippen LogP contribution >= 0.6 is 0 Å². The van der Waals surface area contributed by atoms with Gasteiger partial charge in [-0.05, 0) is 29.0 Å². The topological polar surface area (TPSA) is 76.9 Å². The number of aromatic amines is 1. The average Bonchev–Trinajstić information content (AvgIpc) is 2.95. The molecule has 0 saturated carbocycles. The number of carbonyl (C=O) groups excluding carboxylic acids is 1. The molecule has 0 bridgehead atoms. The second-order valence-electron chi connectivity index (χ2n) is 5.54. The minimum absolute atomic E-state index is 0.349. The predicted molar refractivity (Wildman–Crippen MR) is 94.3 cm³/mol. The zero-order chi connectivity index (χ0) is 17.4. The van der Waals surface area contributed by atoms with Gasteiger partial charge in [0.25, 0.3) is 5.91 Å². The molecule has 0 spiro atoms. The molecule has 0 aliphatic carbocycles. The number of fused-ring (bicyclic) bond motifs is 1. The van der Waals surface area contributed by atoms with Crippen molar-refractivity contribution in [2.24, 2.45) is 0 Å². The molecule has 1 aromatic heterocycles. The van der Waals surface area contributed by atoms with Crippen LogP contribution in [0.5, 0.6) is 0 Å². The summed E-state index contributed by atoms with van der Waals surface area (Å²) in [5.74, 6) is -0.575. The molecule has 1 heterocycles. The summed E-state index contributed by atoms with van der Waals surface area (Å²) in [6.07, 6.45) is 0. The number of nitrogens with one attached hydrogen (secondary N) is 1. The van der Waals surface area contributed by atoms with Gasteiger partial charge >= 0.3 is 11.4 Å². The Hall–Kier alpha value is -3.67. The number of H-pyrrole nitrogens is 1. The number of aromatic nitrogens is 3. The van der Waals surface area contributed by atoms with Gasteiger partial charge in [-0.3, -0.25) is 4.79 Å². The Bertz CT molecular complexity index is 1190. The third kappa shape index (κ3) is 2.40. The lowest BCUT2D eigenvalue weighted by Crippen LogP contribution is -2.30. The van der Waals surface area contributed by atoms with Crippen LogP contribution in [0.3, 0.4) is 0 Å². The van der Waals surface area contributed by atoms with Gasteiger partial charge < -0.3 is 0 Å². The van der Waals surface area contributed by atoms with Crippen molar-refractivity contribution in [2.75, 3.05) is 0 Å². The van der Waals surface area contributed by atoms with E-state index in [1.807, 2.05) is 24.3 Å². The van der Waals surface area contributed by atoms with E-state index in [1.54, 1.807) is 48.5 Å². The number of rotatable bonds is 2. The van der Waals surface area contributed by atoms with E-state index in [0.717, 1.165) is 20.0 Å². The highest BCUT2D eigenvalue weighted by atomic mass is 16.2. The molecule has 0 saturated heterocycles. The Kier molecular flexibility index (Phi) is 3.43.